The molecule has 0 aliphatic carbocycles. The third kappa shape index (κ3) is 6.04. The first kappa shape index (κ1) is 15.3. The van der Waals surface area contributed by atoms with Crippen LogP contribution in [0.3, 0.4) is 0 Å². The molecular weight excluding hydrogens is 307 g/mol. The van der Waals surface area contributed by atoms with Gasteiger partial charge in [-0.25, -0.2) is 20.5 Å². The second-order valence-corrected chi connectivity index (χ2v) is 4.11. The Morgan fingerprint density at radius 3 is 2.62 bits per heavy atom. The molecule has 10 heteroatoms. The van der Waals surface area contributed by atoms with Crippen molar-refractivity contribution in [2.75, 3.05) is 14.1 Å². The Labute approximate surface area is 107 Å². The zero-order chi connectivity index (χ0) is 12.6. The minimum atomic E-state index is -0.642. The molecule has 3 N–H and O–H groups in total. The number of rotatable bonds is 3. The quantitative estimate of drug-likeness (QED) is 0.553. The van der Waals surface area contributed by atoms with E-state index in [9.17, 15) is 4.79 Å². The number of carbonyl (C=O) groups is 1. The van der Waals surface area contributed by atoms with E-state index in [0.717, 1.165) is 13.1 Å². The molecule has 1 heterocycles. The van der Waals surface area contributed by atoms with Crippen molar-refractivity contribution in [3.05, 3.63) is 0 Å². The summed E-state index contributed by atoms with van der Waals surface area (Å²) < 4.78 is 0. The molecule has 1 aliphatic heterocycles. The van der Waals surface area contributed by atoms with Crippen LogP contribution < -0.4 is 11.3 Å². The van der Waals surface area contributed by atoms with Crippen molar-refractivity contribution >= 4 is 44.0 Å². The average Bonchev–Trinajstić information content (AvgIpc) is 2.63. The van der Waals surface area contributed by atoms with E-state index < -0.39 is 5.91 Å². The van der Waals surface area contributed by atoms with Crippen LogP contribution in [0, 0.1) is 0 Å². The van der Waals surface area contributed by atoms with E-state index in [4.69, 9.17) is 5.73 Å². The number of nitrogens with zero attached hydrogens (tertiary/aromatic N) is 4. The summed E-state index contributed by atoms with van der Waals surface area (Å²) in [5.41, 5.74) is 7.68. The molecule has 1 amide bonds. The molecule has 16 heavy (non-hydrogen) atoms. The summed E-state index contributed by atoms with van der Waals surface area (Å²) >= 11 is 0.757. The van der Waals surface area contributed by atoms with E-state index in [-0.39, 0.29) is 11.5 Å². The van der Waals surface area contributed by atoms with Crippen LogP contribution in [0.4, 0.5) is 0 Å². The number of amidine groups is 1. The molecule has 0 fully saturated rings. The molecule has 0 spiro atoms. The van der Waals surface area contributed by atoms with Gasteiger partial charge in [-0.2, -0.15) is 0 Å². The molecule has 0 unspecified atom stereocenters. The minimum absolute atomic E-state index is 0.0642. The van der Waals surface area contributed by atoms with Crippen molar-refractivity contribution in [2.24, 2.45) is 20.8 Å². The second-order valence-electron chi connectivity index (χ2n) is 2.56. The normalized spacial score (nSPS) is 16.1. The Hall–Kier alpha value is -0.661. The molecule has 7 nitrogen and oxygen atoms in total. The van der Waals surface area contributed by atoms with Gasteiger partial charge in [0.15, 0.2) is 5.71 Å². The Balaban J connectivity index is 0.000000673. The fourth-order valence-electron chi connectivity index (χ4n) is 0.663. The molecule has 0 aromatic rings. The van der Waals surface area contributed by atoms with Crippen LogP contribution >= 0.6 is 20.2 Å². The molecule has 0 saturated carbocycles. The van der Waals surface area contributed by atoms with Gasteiger partial charge < -0.3 is 5.73 Å². The van der Waals surface area contributed by atoms with E-state index in [1.807, 2.05) is 0 Å². The number of amides is 1. The molecule has 0 radical (unpaired) electrons. The first-order valence-electron chi connectivity index (χ1n) is 3.75. The van der Waals surface area contributed by atoms with Crippen molar-refractivity contribution in [1.29, 1.82) is 0 Å². The van der Waals surface area contributed by atoms with E-state index >= 15 is 0 Å². The number of nitrogens with two attached hydrogens (primary N) is 1. The van der Waals surface area contributed by atoms with Gasteiger partial charge in [-0.3, -0.25) is 4.79 Å². The van der Waals surface area contributed by atoms with Gasteiger partial charge >= 0.3 is 33.3 Å². The number of hydrazine groups is 1. The Morgan fingerprint density at radius 2 is 2.19 bits per heavy atom. The fourth-order valence-corrected chi connectivity index (χ4v) is 0.663. The first-order chi connectivity index (χ1) is 7.52. The average molecular weight is 317 g/mol. The first-order valence-corrected chi connectivity index (χ1v) is 6.34. The van der Waals surface area contributed by atoms with Gasteiger partial charge in [0.05, 0.1) is 0 Å². The fraction of sp³-hybridized carbons (Fsp3) is 0.333. The third-order valence-electron chi connectivity index (χ3n) is 1.17. The van der Waals surface area contributed by atoms with Crippen molar-refractivity contribution in [2.45, 2.75) is 0 Å². The summed E-state index contributed by atoms with van der Waals surface area (Å²) in [7, 11) is 12.8. The zero-order valence-electron chi connectivity index (χ0n) is 8.41. The SMILES string of the molecule is CN(C)N/N=C1\N=CN=C1C(N)=O.[Cl][Cu][Cl]. The monoisotopic (exact) mass is 315 g/mol. The molecular formula is C6H10Cl2CuN6O. The van der Waals surface area contributed by atoms with Gasteiger partial charge in [-0.15, -0.1) is 5.10 Å². The standard InChI is InChI=1S/C6H10N6O.2ClH.Cu/c1-12(2)11-10-6-4(5(7)13)8-3-9-6;;;/h3,11H,1-2H3,(H2,7,13);2*1H;/q;;;+2/p-2/b10-6-;;;. The third-order valence-corrected chi connectivity index (χ3v) is 1.17. The van der Waals surface area contributed by atoms with Crippen LogP contribution in [0.5, 0.6) is 0 Å². The maximum absolute atomic E-state index is 10.7. The number of hydrogen-bond acceptors (Lipinski definition) is 5. The van der Waals surface area contributed by atoms with Crippen molar-refractivity contribution in [3.8, 4) is 0 Å². The second kappa shape index (κ2) is 8.49. The van der Waals surface area contributed by atoms with Gasteiger partial charge in [0.25, 0.3) is 5.91 Å². The molecule has 1 rings (SSSR count). The van der Waals surface area contributed by atoms with Crippen LogP contribution in [0.1, 0.15) is 0 Å². The number of primary amides is 1. The molecule has 0 atom stereocenters. The summed E-state index contributed by atoms with van der Waals surface area (Å²) in [6.45, 7) is 0. The van der Waals surface area contributed by atoms with Gasteiger partial charge in [0.2, 0.25) is 5.84 Å². The molecule has 0 aromatic carbocycles. The molecule has 0 bridgehead atoms. The van der Waals surface area contributed by atoms with E-state index in [2.05, 4.69) is 40.8 Å². The summed E-state index contributed by atoms with van der Waals surface area (Å²) in [6, 6.07) is 0. The van der Waals surface area contributed by atoms with Crippen LogP contribution in [-0.4, -0.2) is 42.9 Å². The Kier molecular flexibility index (Phi) is 8.14. The number of hydrazone groups is 1. The molecule has 0 saturated heterocycles. The topological polar surface area (TPSA) is 95.4 Å². The van der Waals surface area contributed by atoms with Crippen molar-refractivity contribution < 1.29 is 17.9 Å². The Morgan fingerprint density at radius 1 is 1.62 bits per heavy atom. The van der Waals surface area contributed by atoms with Crippen LogP contribution in [-0.2, 0) is 17.9 Å². The predicted octanol–water partition coefficient (Wildman–Crippen LogP) is -0.289. The van der Waals surface area contributed by atoms with Crippen LogP contribution in [0.2, 0.25) is 0 Å². The number of aliphatic imine (C=N–C) groups is 2. The van der Waals surface area contributed by atoms with Crippen molar-refractivity contribution in [1.82, 2.24) is 10.5 Å². The zero-order valence-corrected chi connectivity index (χ0v) is 10.9. The van der Waals surface area contributed by atoms with E-state index in [0.29, 0.717) is 0 Å². The molecule has 1 aliphatic rings. The van der Waals surface area contributed by atoms with Gasteiger partial charge in [-0.1, -0.05) is 0 Å². The van der Waals surface area contributed by atoms with E-state index in [1.54, 1.807) is 19.1 Å². The molecule has 95 valence electrons. The summed E-state index contributed by atoms with van der Waals surface area (Å²) in [5.74, 6) is -0.446. The molecule has 0 aromatic heterocycles. The van der Waals surface area contributed by atoms with Crippen LogP contribution in [0.15, 0.2) is 15.1 Å². The number of nitrogens with one attached hydrogen (secondary N) is 1. The van der Waals surface area contributed by atoms with Crippen LogP contribution in [0.25, 0.3) is 0 Å². The number of halogens is 2. The van der Waals surface area contributed by atoms with E-state index in [1.165, 1.54) is 6.34 Å². The maximum atomic E-state index is 10.7. The van der Waals surface area contributed by atoms with Crippen molar-refractivity contribution in [3.63, 3.8) is 0 Å². The van der Waals surface area contributed by atoms with Gasteiger partial charge in [0.1, 0.15) is 6.34 Å². The summed E-state index contributed by atoms with van der Waals surface area (Å²) in [4.78, 5) is 18.1. The summed E-state index contributed by atoms with van der Waals surface area (Å²) in [6.07, 6.45) is 1.23. The predicted molar refractivity (Wildman–Crippen MR) is 61.1 cm³/mol. The summed E-state index contributed by atoms with van der Waals surface area (Å²) in [5, 5.41) is 5.39. The van der Waals surface area contributed by atoms with Gasteiger partial charge in [-0.05, 0) is 0 Å². The number of carbonyl (C=O) groups excluding carboxylic acids is 1. The number of hydrogen-bond donors (Lipinski definition) is 2. The van der Waals surface area contributed by atoms with Gasteiger partial charge in [0, 0.05) is 14.1 Å². The Bertz CT molecular complexity index is 329.